The Hall–Kier alpha value is -3.71. The van der Waals surface area contributed by atoms with Gasteiger partial charge in [0, 0.05) is 13.0 Å². The molecule has 1 aromatic rings. The number of rotatable bonds is 14. The molecule has 13 heteroatoms. The Morgan fingerprint density at radius 1 is 0.941 bits per heavy atom. The summed E-state index contributed by atoms with van der Waals surface area (Å²) in [6.07, 6.45) is 0.395. The highest BCUT2D eigenvalue weighted by Gasteiger charge is 2.29. The van der Waals surface area contributed by atoms with E-state index < -0.39 is 54.5 Å². The Labute approximate surface area is 197 Å². The van der Waals surface area contributed by atoms with Gasteiger partial charge in [-0.1, -0.05) is 30.3 Å². The third kappa shape index (κ3) is 10.3. The van der Waals surface area contributed by atoms with E-state index in [1.54, 1.807) is 30.3 Å². The first-order chi connectivity index (χ1) is 16.0. The largest absolute Gasteiger partial charge is 0.480 e. The quantitative estimate of drug-likeness (QED) is 0.0778. The highest BCUT2D eigenvalue weighted by atomic mass is 16.4. The second kappa shape index (κ2) is 14.4. The van der Waals surface area contributed by atoms with E-state index in [2.05, 4.69) is 20.9 Å². The molecule has 0 spiro atoms. The van der Waals surface area contributed by atoms with E-state index in [0.717, 1.165) is 5.56 Å². The van der Waals surface area contributed by atoms with Crippen molar-refractivity contribution < 1.29 is 29.4 Å². The van der Waals surface area contributed by atoms with Gasteiger partial charge in [0.15, 0.2) is 5.96 Å². The standard InChI is InChI=1S/C21H33N7O6/c1-12(22)17(30)27-15(10-13-6-3-2-4-7-13)18(31)28-16(11-29)19(32)26-14(20(33)34)8-5-9-25-21(23)24/h2-4,6-7,12,14-16,29H,5,8-11,22H2,1H3,(H,26,32)(H,27,30)(H,28,31)(H,33,34)(H4,23,24,25)/t12-,14-,15-,16-/m0/s1. The lowest BCUT2D eigenvalue weighted by Crippen LogP contribution is -2.58. The summed E-state index contributed by atoms with van der Waals surface area (Å²) in [5.41, 5.74) is 16.7. The topological polar surface area (TPSA) is 235 Å². The van der Waals surface area contributed by atoms with Gasteiger partial charge in [-0.25, -0.2) is 4.79 Å². The van der Waals surface area contributed by atoms with Crippen LogP contribution in [0.25, 0.3) is 0 Å². The summed E-state index contributed by atoms with van der Waals surface area (Å²) in [6.45, 7) is 0.829. The zero-order valence-corrected chi connectivity index (χ0v) is 18.9. The zero-order valence-electron chi connectivity index (χ0n) is 18.9. The smallest absolute Gasteiger partial charge is 0.326 e. The number of nitrogens with zero attached hydrogens (tertiary/aromatic N) is 1. The first-order valence-corrected chi connectivity index (χ1v) is 10.6. The average molecular weight is 480 g/mol. The Morgan fingerprint density at radius 2 is 1.50 bits per heavy atom. The third-order valence-electron chi connectivity index (χ3n) is 4.70. The van der Waals surface area contributed by atoms with Crippen LogP contribution in [0, 0.1) is 0 Å². The number of hydrogen-bond acceptors (Lipinski definition) is 7. The molecule has 0 heterocycles. The first kappa shape index (κ1) is 28.3. The molecular formula is C21H33N7O6. The number of hydrogen-bond donors (Lipinski definition) is 8. The second-order valence-electron chi connectivity index (χ2n) is 7.63. The van der Waals surface area contributed by atoms with Crippen molar-refractivity contribution >= 4 is 29.7 Å². The lowest BCUT2D eigenvalue weighted by Gasteiger charge is -2.24. The molecule has 0 bridgehead atoms. The number of nitrogens with one attached hydrogen (secondary N) is 3. The van der Waals surface area contributed by atoms with Crippen LogP contribution >= 0.6 is 0 Å². The number of carbonyl (C=O) groups excluding carboxylic acids is 3. The Bertz CT molecular complexity index is 858. The Balaban J connectivity index is 2.86. The molecule has 0 aliphatic rings. The van der Waals surface area contributed by atoms with Crippen molar-refractivity contribution in [1.82, 2.24) is 16.0 Å². The number of nitrogens with two attached hydrogens (primary N) is 3. The minimum Gasteiger partial charge on any atom is -0.480 e. The lowest BCUT2D eigenvalue weighted by atomic mass is 10.0. The van der Waals surface area contributed by atoms with Crippen molar-refractivity contribution in [2.24, 2.45) is 22.2 Å². The van der Waals surface area contributed by atoms with Crippen LogP contribution in [0.1, 0.15) is 25.3 Å². The van der Waals surface area contributed by atoms with Crippen molar-refractivity contribution in [3.8, 4) is 0 Å². The average Bonchev–Trinajstić information content (AvgIpc) is 2.78. The fourth-order valence-electron chi connectivity index (χ4n) is 2.86. The molecule has 4 atom stereocenters. The number of carboxylic acids is 1. The number of benzene rings is 1. The Kier molecular flexibility index (Phi) is 12.0. The van der Waals surface area contributed by atoms with Crippen molar-refractivity contribution in [3.05, 3.63) is 35.9 Å². The third-order valence-corrected chi connectivity index (χ3v) is 4.70. The number of aliphatic imine (C=N–C) groups is 1. The van der Waals surface area contributed by atoms with Crippen LogP contribution in [0.2, 0.25) is 0 Å². The molecule has 0 fully saturated rings. The van der Waals surface area contributed by atoms with Crippen LogP contribution in [0.3, 0.4) is 0 Å². The highest BCUT2D eigenvalue weighted by molar-refractivity contribution is 5.94. The summed E-state index contributed by atoms with van der Waals surface area (Å²) >= 11 is 0. The van der Waals surface area contributed by atoms with E-state index in [-0.39, 0.29) is 31.8 Å². The Morgan fingerprint density at radius 3 is 2.03 bits per heavy atom. The molecule has 0 saturated heterocycles. The number of aliphatic hydroxyl groups excluding tert-OH is 1. The van der Waals surface area contributed by atoms with Gasteiger partial charge in [0.1, 0.15) is 18.1 Å². The summed E-state index contributed by atoms with van der Waals surface area (Å²) in [5.74, 6) is -3.66. The van der Waals surface area contributed by atoms with Gasteiger partial charge in [-0.05, 0) is 25.3 Å². The van der Waals surface area contributed by atoms with Gasteiger partial charge in [0.25, 0.3) is 0 Å². The summed E-state index contributed by atoms with van der Waals surface area (Å²) in [7, 11) is 0. The van der Waals surface area contributed by atoms with Gasteiger partial charge in [-0.3, -0.25) is 19.4 Å². The molecule has 11 N–H and O–H groups in total. The summed E-state index contributed by atoms with van der Waals surface area (Å²) in [6, 6.07) is 4.14. The van der Waals surface area contributed by atoms with Crippen LogP contribution in [-0.4, -0.2) is 77.2 Å². The van der Waals surface area contributed by atoms with Crippen LogP contribution in [0.15, 0.2) is 35.3 Å². The molecule has 0 radical (unpaired) electrons. The number of amides is 3. The van der Waals surface area contributed by atoms with E-state index in [9.17, 15) is 29.4 Å². The molecule has 1 rings (SSSR count). The maximum atomic E-state index is 12.9. The van der Waals surface area contributed by atoms with Crippen LogP contribution in [0.5, 0.6) is 0 Å². The van der Waals surface area contributed by atoms with E-state index in [0.29, 0.717) is 0 Å². The molecule has 1 aromatic carbocycles. The fourth-order valence-corrected chi connectivity index (χ4v) is 2.86. The number of guanidine groups is 1. The van der Waals surface area contributed by atoms with Crippen molar-refractivity contribution in [2.75, 3.05) is 13.2 Å². The highest BCUT2D eigenvalue weighted by Crippen LogP contribution is 2.05. The number of aliphatic carboxylic acids is 1. The van der Waals surface area contributed by atoms with Gasteiger partial charge in [-0.2, -0.15) is 0 Å². The first-order valence-electron chi connectivity index (χ1n) is 10.6. The zero-order chi connectivity index (χ0) is 25.7. The van der Waals surface area contributed by atoms with Gasteiger partial charge in [-0.15, -0.1) is 0 Å². The van der Waals surface area contributed by atoms with Crippen LogP contribution in [-0.2, 0) is 25.6 Å². The molecule has 3 amide bonds. The molecule has 0 aromatic heterocycles. The van der Waals surface area contributed by atoms with Crippen molar-refractivity contribution in [2.45, 2.75) is 50.4 Å². The van der Waals surface area contributed by atoms with Gasteiger partial charge >= 0.3 is 5.97 Å². The number of aliphatic hydroxyl groups is 1. The predicted molar refractivity (Wildman–Crippen MR) is 124 cm³/mol. The van der Waals surface area contributed by atoms with E-state index >= 15 is 0 Å². The molecule has 0 unspecified atom stereocenters. The minimum absolute atomic E-state index is 0.0189. The van der Waals surface area contributed by atoms with E-state index in [1.165, 1.54) is 6.92 Å². The minimum atomic E-state index is -1.45. The van der Waals surface area contributed by atoms with E-state index in [4.69, 9.17) is 17.2 Å². The fraction of sp³-hybridized carbons (Fsp3) is 0.476. The molecule has 13 nitrogen and oxygen atoms in total. The number of carboxylic acid groups (broad SMARTS) is 1. The molecule has 188 valence electrons. The van der Waals surface area contributed by atoms with Crippen LogP contribution < -0.4 is 33.2 Å². The second-order valence-corrected chi connectivity index (χ2v) is 7.63. The maximum Gasteiger partial charge on any atom is 0.326 e. The summed E-state index contributed by atoms with van der Waals surface area (Å²) in [5, 5.41) is 26.1. The lowest BCUT2D eigenvalue weighted by molar-refractivity contribution is -0.142. The normalized spacial score (nSPS) is 14.1. The monoisotopic (exact) mass is 479 g/mol. The maximum absolute atomic E-state index is 12.9. The molecule has 0 aliphatic carbocycles. The van der Waals surface area contributed by atoms with Crippen molar-refractivity contribution in [1.29, 1.82) is 0 Å². The van der Waals surface area contributed by atoms with Gasteiger partial charge < -0.3 is 43.4 Å². The summed E-state index contributed by atoms with van der Waals surface area (Å²) in [4.78, 5) is 52.7. The predicted octanol–water partition coefficient (Wildman–Crippen LogP) is -2.84. The SMILES string of the molecule is C[C@H](N)C(=O)N[C@@H](Cc1ccccc1)C(=O)N[C@@H](CO)C(=O)N[C@@H](CCCN=C(N)N)C(=O)O. The molecule has 0 aliphatic heterocycles. The molecular weight excluding hydrogens is 446 g/mol. The van der Waals surface area contributed by atoms with Crippen LogP contribution in [0.4, 0.5) is 0 Å². The van der Waals surface area contributed by atoms with Crippen molar-refractivity contribution in [3.63, 3.8) is 0 Å². The molecule has 0 saturated carbocycles. The molecule has 34 heavy (non-hydrogen) atoms. The number of carbonyl (C=O) groups is 4. The van der Waals surface area contributed by atoms with E-state index in [1.807, 2.05) is 0 Å². The van der Waals surface area contributed by atoms with Gasteiger partial charge in [0.2, 0.25) is 17.7 Å². The van der Waals surface area contributed by atoms with Gasteiger partial charge in [0.05, 0.1) is 12.6 Å². The summed E-state index contributed by atoms with van der Waals surface area (Å²) < 4.78 is 0.